The monoisotopic (exact) mass is 348 g/mol. The second kappa shape index (κ2) is 7.42. The fourth-order valence-corrected chi connectivity index (χ4v) is 3.98. The maximum atomic E-state index is 13.3. The van der Waals surface area contributed by atoms with Crippen LogP contribution in [0.3, 0.4) is 0 Å². The predicted molar refractivity (Wildman–Crippen MR) is 91.7 cm³/mol. The highest BCUT2D eigenvalue weighted by Gasteiger charge is 2.45. The molecule has 1 aromatic rings. The van der Waals surface area contributed by atoms with Crippen molar-refractivity contribution in [1.82, 2.24) is 9.80 Å². The zero-order valence-electron chi connectivity index (χ0n) is 14.7. The third-order valence-electron chi connectivity index (χ3n) is 5.36. The van der Waals surface area contributed by atoms with Gasteiger partial charge in [0.05, 0.1) is 12.0 Å². The van der Waals surface area contributed by atoms with Crippen LogP contribution in [0.15, 0.2) is 24.3 Å². The van der Waals surface area contributed by atoms with E-state index in [0.717, 1.165) is 31.2 Å². The number of benzene rings is 1. The van der Waals surface area contributed by atoms with Crippen molar-refractivity contribution in [3.05, 3.63) is 35.6 Å². The number of carbonyl (C=O) groups is 2. The topological polar surface area (TPSA) is 49.9 Å². The van der Waals surface area contributed by atoms with Crippen LogP contribution in [0.5, 0.6) is 0 Å². The Bertz CT molecular complexity index is 618. The van der Waals surface area contributed by atoms with Crippen LogP contribution < -0.4 is 0 Å². The molecule has 2 amide bonds. The number of hydrogen-bond acceptors (Lipinski definition) is 3. The van der Waals surface area contributed by atoms with E-state index in [9.17, 15) is 14.0 Å². The Balaban J connectivity index is 1.72. The molecule has 0 aromatic heterocycles. The van der Waals surface area contributed by atoms with Crippen molar-refractivity contribution in [2.45, 2.75) is 38.0 Å². The molecule has 136 valence electrons. The lowest BCUT2D eigenvalue weighted by atomic mass is 9.77. The van der Waals surface area contributed by atoms with Crippen LogP contribution in [0.4, 0.5) is 9.18 Å². The van der Waals surface area contributed by atoms with E-state index < -0.39 is 5.41 Å². The second-order valence-electron chi connectivity index (χ2n) is 6.77. The van der Waals surface area contributed by atoms with Gasteiger partial charge < -0.3 is 14.5 Å². The minimum absolute atomic E-state index is 0.111. The van der Waals surface area contributed by atoms with E-state index in [-0.39, 0.29) is 17.8 Å². The van der Waals surface area contributed by atoms with E-state index in [1.165, 1.54) is 12.1 Å². The van der Waals surface area contributed by atoms with E-state index in [2.05, 4.69) is 0 Å². The Morgan fingerprint density at radius 2 is 1.60 bits per heavy atom. The van der Waals surface area contributed by atoms with Gasteiger partial charge in [-0.2, -0.15) is 0 Å². The van der Waals surface area contributed by atoms with Crippen molar-refractivity contribution in [3.8, 4) is 0 Å². The molecule has 0 spiro atoms. The van der Waals surface area contributed by atoms with Crippen LogP contribution in [0, 0.1) is 5.82 Å². The Kier molecular flexibility index (Phi) is 5.25. The van der Waals surface area contributed by atoms with Crippen LogP contribution in [0.1, 0.15) is 38.2 Å². The van der Waals surface area contributed by atoms with Crippen LogP contribution in [-0.2, 0) is 14.9 Å². The van der Waals surface area contributed by atoms with E-state index in [4.69, 9.17) is 4.74 Å². The maximum absolute atomic E-state index is 13.3. The highest BCUT2D eigenvalue weighted by molar-refractivity contribution is 5.89. The summed E-state index contributed by atoms with van der Waals surface area (Å²) in [5, 5.41) is 0. The lowest BCUT2D eigenvalue weighted by molar-refractivity contribution is -0.139. The number of amides is 2. The molecule has 0 N–H and O–H groups in total. The molecule has 5 nitrogen and oxygen atoms in total. The zero-order chi connectivity index (χ0) is 17.9. The molecule has 1 saturated heterocycles. The summed E-state index contributed by atoms with van der Waals surface area (Å²) in [5.74, 6) is -0.174. The first-order valence-corrected chi connectivity index (χ1v) is 9.04. The highest BCUT2D eigenvalue weighted by Crippen LogP contribution is 2.42. The molecule has 1 aliphatic carbocycles. The molecule has 25 heavy (non-hydrogen) atoms. The van der Waals surface area contributed by atoms with Gasteiger partial charge in [-0.1, -0.05) is 25.0 Å². The number of halogens is 1. The summed E-state index contributed by atoms with van der Waals surface area (Å²) in [5.41, 5.74) is 0.365. The van der Waals surface area contributed by atoms with Gasteiger partial charge in [0.15, 0.2) is 0 Å². The van der Waals surface area contributed by atoms with Gasteiger partial charge in [0, 0.05) is 26.2 Å². The van der Waals surface area contributed by atoms with E-state index >= 15 is 0 Å². The Labute approximate surface area is 147 Å². The van der Waals surface area contributed by atoms with E-state index in [1.807, 2.05) is 4.90 Å². The molecule has 1 heterocycles. The molecule has 0 atom stereocenters. The third kappa shape index (κ3) is 3.48. The number of ether oxygens (including phenoxy) is 1. The summed E-state index contributed by atoms with van der Waals surface area (Å²) >= 11 is 0. The van der Waals surface area contributed by atoms with Gasteiger partial charge in [-0.25, -0.2) is 9.18 Å². The number of rotatable bonds is 3. The average molecular weight is 348 g/mol. The summed E-state index contributed by atoms with van der Waals surface area (Å²) < 4.78 is 18.3. The first-order chi connectivity index (χ1) is 12.1. The van der Waals surface area contributed by atoms with Crippen molar-refractivity contribution < 1.29 is 18.7 Å². The number of nitrogens with zero attached hydrogens (tertiary/aromatic N) is 2. The summed E-state index contributed by atoms with van der Waals surface area (Å²) in [7, 11) is 0. The Morgan fingerprint density at radius 3 is 2.16 bits per heavy atom. The number of carbonyl (C=O) groups excluding carboxylic acids is 2. The molecule has 1 aliphatic heterocycles. The molecular weight excluding hydrogens is 323 g/mol. The largest absolute Gasteiger partial charge is 0.450 e. The SMILES string of the molecule is CCOC(=O)N1CCN(C(=O)C2(c3ccc(F)cc3)CCCC2)CC1. The first-order valence-electron chi connectivity index (χ1n) is 9.04. The molecule has 0 radical (unpaired) electrons. The summed E-state index contributed by atoms with van der Waals surface area (Å²) in [4.78, 5) is 28.6. The fraction of sp³-hybridized carbons (Fsp3) is 0.579. The fourth-order valence-electron chi connectivity index (χ4n) is 3.98. The number of piperazine rings is 1. The van der Waals surface area contributed by atoms with Gasteiger partial charge in [0.25, 0.3) is 0 Å². The molecule has 2 aliphatic rings. The molecule has 1 aromatic carbocycles. The molecule has 0 unspecified atom stereocenters. The molecule has 2 fully saturated rings. The molecule has 0 bridgehead atoms. The molecule has 1 saturated carbocycles. The van der Waals surface area contributed by atoms with Gasteiger partial charge in [0.2, 0.25) is 5.91 Å². The van der Waals surface area contributed by atoms with E-state index in [1.54, 1.807) is 24.0 Å². The van der Waals surface area contributed by atoms with E-state index in [0.29, 0.717) is 32.8 Å². The minimum Gasteiger partial charge on any atom is -0.450 e. The smallest absolute Gasteiger partial charge is 0.409 e. The van der Waals surface area contributed by atoms with Crippen molar-refractivity contribution in [1.29, 1.82) is 0 Å². The normalized spacial score (nSPS) is 19.8. The van der Waals surface area contributed by atoms with Crippen LogP contribution in [-0.4, -0.2) is 54.6 Å². The molecule has 3 rings (SSSR count). The molecule has 6 heteroatoms. The Morgan fingerprint density at radius 1 is 1.04 bits per heavy atom. The van der Waals surface area contributed by atoms with Crippen LogP contribution in [0.25, 0.3) is 0 Å². The quantitative estimate of drug-likeness (QED) is 0.844. The number of hydrogen-bond donors (Lipinski definition) is 0. The minimum atomic E-state index is -0.542. The first kappa shape index (κ1) is 17.7. The third-order valence-corrected chi connectivity index (χ3v) is 5.36. The van der Waals surface area contributed by atoms with Crippen LogP contribution in [0.2, 0.25) is 0 Å². The van der Waals surface area contributed by atoms with Crippen molar-refractivity contribution in [3.63, 3.8) is 0 Å². The van der Waals surface area contributed by atoms with Crippen molar-refractivity contribution in [2.75, 3.05) is 32.8 Å². The standard InChI is InChI=1S/C19H25FN2O3/c1-2-25-18(24)22-13-11-21(12-14-22)17(23)19(9-3-4-10-19)15-5-7-16(20)8-6-15/h5-8H,2-4,9-14H2,1H3. The van der Waals surface area contributed by atoms with Crippen LogP contribution >= 0.6 is 0 Å². The van der Waals surface area contributed by atoms with Crippen molar-refractivity contribution >= 4 is 12.0 Å². The summed E-state index contributed by atoms with van der Waals surface area (Å²) in [6, 6.07) is 6.35. The van der Waals surface area contributed by atoms with Gasteiger partial charge in [0.1, 0.15) is 5.82 Å². The average Bonchev–Trinajstić information content (AvgIpc) is 3.13. The van der Waals surface area contributed by atoms with Crippen molar-refractivity contribution in [2.24, 2.45) is 0 Å². The summed E-state index contributed by atoms with van der Waals surface area (Å²) in [6.07, 6.45) is 3.30. The van der Waals surface area contributed by atoms with Gasteiger partial charge in [-0.15, -0.1) is 0 Å². The zero-order valence-corrected chi connectivity index (χ0v) is 14.7. The van der Waals surface area contributed by atoms with Gasteiger partial charge in [-0.05, 0) is 37.5 Å². The highest BCUT2D eigenvalue weighted by atomic mass is 19.1. The Hall–Kier alpha value is -2.11. The van der Waals surface area contributed by atoms with Gasteiger partial charge in [-0.3, -0.25) is 4.79 Å². The second-order valence-corrected chi connectivity index (χ2v) is 6.77. The van der Waals surface area contributed by atoms with Gasteiger partial charge >= 0.3 is 6.09 Å². The summed E-state index contributed by atoms with van der Waals surface area (Å²) in [6.45, 7) is 4.14. The maximum Gasteiger partial charge on any atom is 0.409 e. The molecular formula is C19H25FN2O3. The lowest BCUT2D eigenvalue weighted by Gasteiger charge is -2.39. The predicted octanol–water partition coefficient (Wildman–Crippen LogP) is 2.94. The lowest BCUT2D eigenvalue weighted by Crippen LogP contribution is -2.55.